The van der Waals surface area contributed by atoms with Gasteiger partial charge in [-0.3, -0.25) is 0 Å². The molecule has 0 aromatic heterocycles. The number of likely N-dealkylation sites (N-methyl/N-ethyl adjacent to an activating group) is 2. The van der Waals surface area contributed by atoms with E-state index in [1.54, 1.807) is 20.9 Å². The molecule has 1 heterocycles. The molecule has 6 heteroatoms. The molecule has 19 heavy (non-hydrogen) atoms. The molecule has 0 unspecified atom stereocenters. The highest BCUT2D eigenvalue weighted by atomic mass is 32.2. The molecule has 0 spiro atoms. The van der Waals surface area contributed by atoms with Gasteiger partial charge >= 0.3 is 0 Å². The summed E-state index contributed by atoms with van der Waals surface area (Å²) in [5, 5.41) is -0.342. The topological polar surface area (TPSA) is 43.9 Å². The van der Waals surface area contributed by atoms with Crippen LogP contribution in [-0.4, -0.2) is 81.1 Å². The monoisotopic (exact) mass is 291 g/mol. The summed E-state index contributed by atoms with van der Waals surface area (Å²) >= 11 is 0. The molecule has 1 fully saturated rings. The van der Waals surface area contributed by atoms with Crippen molar-refractivity contribution >= 4 is 10.0 Å². The zero-order valence-electron chi connectivity index (χ0n) is 13.0. The Morgan fingerprint density at radius 3 is 2.16 bits per heavy atom. The number of likely N-dealkylation sites (tertiary alicyclic amines) is 1. The molecule has 0 bridgehead atoms. The quantitative estimate of drug-likeness (QED) is 0.722. The zero-order valence-corrected chi connectivity index (χ0v) is 13.8. The second kappa shape index (κ2) is 7.02. The van der Waals surface area contributed by atoms with Crippen molar-refractivity contribution in [2.75, 3.05) is 47.3 Å². The number of rotatable bonds is 6. The Labute approximate surface area is 118 Å². The maximum atomic E-state index is 12.0. The summed E-state index contributed by atoms with van der Waals surface area (Å²) in [4.78, 5) is 4.65. The van der Waals surface area contributed by atoms with Crippen LogP contribution in [0.3, 0.4) is 0 Å². The Hall–Kier alpha value is -0.170. The summed E-state index contributed by atoms with van der Waals surface area (Å²) < 4.78 is 25.4. The molecule has 5 nitrogen and oxygen atoms in total. The van der Waals surface area contributed by atoms with Gasteiger partial charge in [-0.1, -0.05) is 0 Å². The minimum Gasteiger partial charge on any atom is -0.306 e. The van der Waals surface area contributed by atoms with E-state index in [1.165, 1.54) is 17.1 Å². The van der Waals surface area contributed by atoms with Crippen molar-refractivity contribution in [1.82, 2.24) is 14.1 Å². The molecule has 0 aromatic carbocycles. The molecular weight excluding hydrogens is 262 g/mol. The van der Waals surface area contributed by atoms with E-state index >= 15 is 0 Å². The average Bonchev–Trinajstić information content (AvgIpc) is 2.36. The molecule has 0 radical (unpaired) electrons. The first kappa shape index (κ1) is 16.9. The van der Waals surface area contributed by atoms with E-state index in [2.05, 4.69) is 23.9 Å². The Bertz CT molecular complexity index is 362. The largest absolute Gasteiger partial charge is 0.306 e. The Morgan fingerprint density at radius 2 is 1.68 bits per heavy atom. The fourth-order valence-electron chi connectivity index (χ4n) is 2.40. The van der Waals surface area contributed by atoms with Crippen molar-refractivity contribution < 1.29 is 8.42 Å². The predicted molar refractivity (Wildman–Crippen MR) is 79.8 cm³/mol. The Balaban J connectivity index is 2.40. The van der Waals surface area contributed by atoms with Gasteiger partial charge < -0.3 is 9.80 Å². The fourth-order valence-corrected chi connectivity index (χ4v) is 3.46. The number of piperidine rings is 1. The summed E-state index contributed by atoms with van der Waals surface area (Å²) in [6.45, 7) is 7.10. The maximum absolute atomic E-state index is 12.0. The van der Waals surface area contributed by atoms with Gasteiger partial charge in [-0.05, 0) is 53.9 Å². The molecule has 114 valence electrons. The molecule has 1 saturated heterocycles. The number of hydrogen-bond donors (Lipinski definition) is 0. The van der Waals surface area contributed by atoms with Gasteiger partial charge in [-0.25, -0.2) is 12.7 Å². The summed E-state index contributed by atoms with van der Waals surface area (Å²) in [5.74, 6) is 0. The molecule has 0 amide bonds. The van der Waals surface area contributed by atoms with Gasteiger partial charge in [0.1, 0.15) is 0 Å². The van der Waals surface area contributed by atoms with Crippen molar-refractivity contribution in [3.05, 3.63) is 0 Å². The van der Waals surface area contributed by atoms with Crippen LogP contribution in [0.1, 0.15) is 26.7 Å². The van der Waals surface area contributed by atoms with Gasteiger partial charge in [0.05, 0.1) is 5.25 Å². The minimum atomic E-state index is -3.11. The van der Waals surface area contributed by atoms with Crippen LogP contribution in [0.5, 0.6) is 0 Å². The van der Waals surface area contributed by atoms with Gasteiger partial charge in [0.25, 0.3) is 0 Å². The lowest BCUT2D eigenvalue weighted by Gasteiger charge is -2.35. The Kier molecular flexibility index (Phi) is 6.23. The first-order valence-corrected chi connectivity index (χ1v) is 8.59. The average molecular weight is 291 g/mol. The third-order valence-electron chi connectivity index (χ3n) is 4.11. The molecule has 0 aliphatic carbocycles. The van der Waals surface area contributed by atoms with E-state index in [-0.39, 0.29) is 5.25 Å². The van der Waals surface area contributed by atoms with Crippen LogP contribution in [0.2, 0.25) is 0 Å². The smallest absolute Gasteiger partial charge is 0.216 e. The van der Waals surface area contributed by atoms with E-state index in [0.717, 1.165) is 19.6 Å². The zero-order chi connectivity index (χ0) is 14.6. The lowest BCUT2D eigenvalue weighted by atomic mass is 10.0. The third-order valence-corrected chi connectivity index (χ3v) is 6.35. The molecular formula is C13H29N3O2S. The summed E-state index contributed by atoms with van der Waals surface area (Å²) in [6.07, 6.45) is 2.35. The number of nitrogens with zero attached hydrogens (tertiary/aromatic N) is 3. The second-order valence-corrected chi connectivity index (χ2v) is 8.53. The number of hydrogen-bond acceptors (Lipinski definition) is 4. The molecule has 0 saturated carbocycles. The third kappa shape index (κ3) is 4.70. The lowest BCUT2D eigenvalue weighted by Crippen LogP contribution is -2.45. The maximum Gasteiger partial charge on any atom is 0.216 e. The number of sulfonamides is 1. The highest BCUT2D eigenvalue weighted by Gasteiger charge is 2.24. The normalized spacial score (nSPS) is 19.8. The minimum absolute atomic E-state index is 0.342. The van der Waals surface area contributed by atoms with E-state index in [4.69, 9.17) is 0 Å². The van der Waals surface area contributed by atoms with Gasteiger partial charge in [-0.2, -0.15) is 0 Å². The molecule has 0 atom stereocenters. The first-order chi connectivity index (χ1) is 8.75. The lowest BCUT2D eigenvalue weighted by molar-refractivity contribution is 0.141. The van der Waals surface area contributed by atoms with Crippen LogP contribution in [0.25, 0.3) is 0 Å². The first-order valence-electron chi connectivity index (χ1n) is 7.09. The molecule has 1 rings (SSSR count). The van der Waals surface area contributed by atoms with E-state index in [1.807, 2.05) is 0 Å². The van der Waals surface area contributed by atoms with Crippen LogP contribution >= 0.6 is 0 Å². The van der Waals surface area contributed by atoms with Crippen molar-refractivity contribution in [2.45, 2.75) is 38.0 Å². The van der Waals surface area contributed by atoms with Crippen LogP contribution < -0.4 is 0 Å². The fraction of sp³-hybridized carbons (Fsp3) is 1.00. The van der Waals surface area contributed by atoms with E-state index in [0.29, 0.717) is 12.6 Å². The van der Waals surface area contributed by atoms with Gasteiger partial charge in [0.15, 0.2) is 0 Å². The molecule has 1 aliphatic rings. The van der Waals surface area contributed by atoms with Crippen molar-refractivity contribution in [3.63, 3.8) is 0 Å². The van der Waals surface area contributed by atoms with Gasteiger partial charge in [-0.15, -0.1) is 0 Å². The van der Waals surface area contributed by atoms with Gasteiger partial charge in [0.2, 0.25) is 10.0 Å². The summed E-state index contributed by atoms with van der Waals surface area (Å²) in [5.41, 5.74) is 0. The van der Waals surface area contributed by atoms with Crippen LogP contribution in [-0.2, 0) is 10.0 Å². The highest BCUT2D eigenvalue weighted by Crippen LogP contribution is 2.14. The van der Waals surface area contributed by atoms with E-state index in [9.17, 15) is 8.42 Å². The molecule has 1 aliphatic heterocycles. The predicted octanol–water partition coefficient (Wildman–Crippen LogP) is 0.682. The summed E-state index contributed by atoms with van der Waals surface area (Å²) in [7, 11) is 2.82. The Morgan fingerprint density at radius 1 is 1.16 bits per heavy atom. The van der Waals surface area contributed by atoms with E-state index < -0.39 is 10.0 Å². The van der Waals surface area contributed by atoms with Crippen LogP contribution in [0.4, 0.5) is 0 Å². The van der Waals surface area contributed by atoms with Gasteiger partial charge in [0, 0.05) is 26.2 Å². The highest BCUT2D eigenvalue weighted by molar-refractivity contribution is 7.89. The van der Waals surface area contributed by atoms with Crippen molar-refractivity contribution in [3.8, 4) is 0 Å². The second-order valence-electron chi connectivity index (χ2n) is 5.93. The molecule has 0 N–H and O–H groups in total. The van der Waals surface area contributed by atoms with Crippen LogP contribution in [0.15, 0.2) is 0 Å². The molecule has 0 aromatic rings. The van der Waals surface area contributed by atoms with Crippen LogP contribution in [0, 0.1) is 0 Å². The SMILES string of the molecule is CC(C)S(=O)(=O)N(C)CCN(C)C1CCN(C)CC1. The van der Waals surface area contributed by atoms with Crippen molar-refractivity contribution in [2.24, 2.45) is 0 Å². The standard InChI is InChI=1S/C13H29N3O2S/c1-12(2)19(17,18)16(5)11-10-15(4)13-6-8-14(3)9-7-13/h12-13H,6-11H2,1-5H3. The van der Waals surface area contributed by atoms with Crippen molar-refractivity contribution in [1.29, 1.82) is 0 Å². The summed E-state index contributed by atoms with van der Waals surface area (Å²) in [6, 6.07) is 0.589.